The van der Waals surface area contributed by atoms with Crippen molar-refractivity contribution in [3.63, 3.8) is 0 Å². The highest BCUT2D eigenvalue weighted by Gasteiger charge is 2.11. The predicted molar refractivity (Wildman–Crippen MR) is 87.7 cm³/mol. The number of rotatable bonds is 5. The third-order valence-electron chi connectivity index (χ3n) is 3.08. The van der Waals surface area contributed by atoms with E-state index in [0.29, 0.717) is 11.4 Å². The first kappa shape index (κ1) is 16.5. The van der Waals surface area contributed by atoms with E-state index in [0.717, 1.165) is 5.56 Å². The lowest BCUT2D eigenvalue weighted by Crippen LogP contribution is -2.17. The van der Waals surface area contributed by atoms with E-state index in [1.165, 1.54) is 13.2 Å². The van der Waals surface area contributed by atoms with Crippen LogP contribution in [0.1, 0.15) is 15.9 Å². The summed E-state index contributed by atoms with van der Waals surface area (Å²) in [5, 5.41) is 15.2. The number of aryl methyl sites for hydroxylation is 1. The summed E-state index contributed by atoms with van der Waals surface area (Å²) in [5.41, 5.74) is 2.09. The molecule has 0 saturated heterocycles. The minimum atomic E-state index is -0.428. The quantitative estimate of drug-likeness (QED) is 0.791. The molecular weight excluding hydrogens is 296 g/mol. The standard InChI is InChI=1S/C17H18N2O4/c1-11-6-7-14(15(20)8-11)17(22)19-13-5-3-4-12(9-13)18-16(21)10-23-2/h3-9,20H,10H2,1-2H3,(H,18,21)(H,19,22). The fraction of sp³-hybridized carbons (Fsp3) is 0.176. The molecule has 0 aromatic heterocycles. The predicted octanol–water partition coefficient (Wildman–Crippen LogP) is 2.54. The lowest BCUT2D eigenvalue weighted by molar-refractivity contribution is -0.119. The highest BCUT2D eigenvalue weighted by Crippen LogP contribution is 2.21. The highest BCUT2D eigenvalue weighted by atomic mass is 16.5. The van der Waals surface area contributed by atoms with E-state index in [2.05, 4.69) is 10.6 Å². The molecule has 2 aromatic carbocycles. The number of benzene rings is 2. The average molecular weight is 314 g/mol. The zero-order chi connectivity index (χ0) is 16.8. The molecule has 6 nitrogen and oxygen atoms in total. The number of carbonyl (C=O) groups excluding carboxylic acids is 2. The molecule has 0 fully saturated rings. The Morgan fingerprint density at radius 2 is 1.78 bits per heavy atom. The molecular formula is C17H18N2O4. The van der Waals surface area contributed by atoms with Gasteiger partial charge >= 0.3 is 0 Å². The summed E-state index contributed by atoms with van der Waals surface area (Å²) in [5.74, 6) is -0.790. The second-order valence-corrected chi connectivity index (χ2v) is 5.04. The molecule has 2 amide bonds. The van der Waals surface area contributed by atoms with Crippen molar-refractivity contribution < 1.29 is 19.4 Å². The van der Waals surface area contributed by atoms with Gasteiger partial charge in [0.25, 0.3) is 5.91 Å². The molecule has 2 aromatic rings. The van der Waals surface area contributed by atoms with Crippen molar-refractivity contribution in [1.29, 1.82) is 0 Å². The number of amides is 2. The molecule has 0 aliphatic rings. The zero-order valence-corrected chi connectivity index (χ0v) is 12.9. The number of carbonyl (C=O) groups is 2. The van der Waals surface area contributed by atoms with Crippen molar-refractivity contribution in [3.05, 3.63) is 53.6 Å². The number of methoxy groups -OCH3 is 1. The Hall–Kier alpha value is -2.86. The van der Waals surface area contributed by atoms with Gasteiger partial charge < -0.3 is 20.5 Å². The van der Waals surface area contributed by atoms with Crippen LogP contribution < -0.4 is 10.6 Å². The summed E-state index contributed by atoms with van der Waals surface area (Å²) < 4.78 is 4.74. The Morgan fingerprint density at radius 3 is 2.43 bits per heavy atom. The first-order chi connectivity index (χ1) is 11.0. The van der Waals surface area contributed by atoms with Crippen LogP contribution in [-0.2, 0) is 9.53 Å². The minimum Gasteiger partial charge on any atom is -0.507 e. The normalized spacial score (nSPS) is 10.2. The van der Waals surface area contributed by atoms with Crippen LogP contribution in [0.3, 0.4) is 0 Å². The molecule has 120 valence electrons. The van der Waals surface area contributed by atoms with Crippen molar-refractivity contribution >= 4 is 23.2 Å². The van der Waals surface area contributed by atoms with Gasteiger partial charge in [-0.25, -0.2) is 0 Å². The van der Waals surface area contributed by atoms with Gasteiger partial charge in [-0.05, 0) is 42.8 Å². The molecule has 0 radical (unpaired) electrons. The molecule has 0 spiro atoms. The number of phenolic OH excluding ortho intramolecular Hbond substituents is 1. The van der Waals surface area contributed by atoms with Crippen LogP contribution in [-0.4, -0.2) is 30.6 Å². The Labute approximate surface area is 134 Å². The molecule has 0 aliphatic heterocycles. The fourth-order valence-electron chi connectivity index (χ4n) is 2.03. The van der Waals surface area contributed by atoms with Crippen molar-refractivity contribution in [3.8, 4) is 5.75 Å². The van der Waals surface area contributed by atoms with E-state index in [1.54, 1.807) is 36.4 Å². The van der Waals surface area contributed by atoms with Crippen LogP contribution in [0.4, 0.5) is 11.4 Å². The second-order valence-electron chi connectivity index (χ2n) is 5.04. The van der Waals surface area contributed by atoms with Gasteiger partial charge in [0.1, 0.15) is 12.4 Å². The summed E-state index contributed by atoms with van der Waals surface area (Å²) in [7, 11) is 1.43. The summed E-state index contributed by atoms with van der Waals surface area (Å²) in [6.07, 6.45) is 0. The summed E-state index contributed by atoms with van der Waals surface area (Å²) >= 11 is 0. The smallest absolute Gasteiger partial charge is 0.259 e. The molecule has 0 atom stereocenters. The summed E-state index contributed by atoms with van der Waals surface area (Å²) in [4.78, 5) is 23.7. The minimum absolute atomic E-state index is 0.0478. The van der Waals surface area contributed by atoms with Crippen LogP contribution >= 0.6 is 0 Å². The number of nitrogens with one attached hydrogen (secondary N) is 2. The van der Waals surface area contributed by atoms with Crippen molar-refractivity contribution in [2.45, 2.75) is 6.92 Å². The third-order valence-corrected chi connectivity index (χ3v) is 3.08. The number of aromatic hydroxyl groups is 1. The lowest BCUT2D eigenvalue weighted by atomic mass is 10.1. The Kier molecular flexibility index (Phi) is 5.32. The molecule has 6 heteroatoms. The molecule has 2 rings (SSSR count). The average Bonchev–Trinajstić information content (AvgIpc) is 2.47. The third kappa shape index (κ3) is 4.55. The Morgan fingerprint density at radius 1 is 1.09 bits per heavy atom. The van der Waals surface area contributed by atoms with Crippen molar-refractivity contribution in [2.75, 3.05) is 24.4 Å². The van der Waals surface area contributed by atoms with Gasteiger partial charge in [0.05, 0.1) is 5.56 Å². The van der Waals surface area contributed by atoms with Crippen LogP contribution in [0.15, 0.2) is 42.5 Å². The number of hydrogen-bond donors (Lipinski definition) is 3. The zero-order valence-electron chi connectivity index (χ0n) is 12.9. The van der Waals surface area contributed by atoms with E-state index >= 15 is 0 Å². The lowest BCUT2D eigenvalue weighted by Gasteiger charge is -2.10. The maximum absolute atomic E-state index is 12.2. The van der Waals surface area contributed by atoms with Crippen molar-refractivity contribution in [2.24, 2.45) is 0 Å². The first-order valence-corrected chi connectivity index (χ1v) is 6.99. The molecule has 0 unspecified atom stereocenters. The van der Waals surface area contributed by atoms with Crippen LogP contribution in [0.2, 0.25) is 0 Å². The molecule has 23 heavy (non-hydrogen) atoms. The van der Waals surface area contributed by atoms with Crippen LogP contribution in [0.25, 0.3) is 0 Å². The van der Waals surface area contributed by atoms with E-state index in [9.17, 15) is 14.7 Å². The Bertz CT molecular complexity index is 728. The van der Waals surface area contributed by atoms with E-state index < -0.39 is 5.91 Å². The monoisotopic (exact) mass is 314 g/mol. The van der Waals surface area contributed by atoms with E-state index in [-0.39, 0.29) is 23.8 Å². The number of ether oxygens (including phenoxy) is 1. The second kappa shape index (κ2) is 7.42. The topological polar surface area (TPSA) is 87.7 Å². The van der Waals surface area contributed by atoms with Crippen LogP contribution in [0, 0.1) is 6.92 Å². The van der Waals surface area contributed by atoms with Crippen LogP contribution in [0.5, 0.6) is 5.75 Å². The molecule has 0 saturated carbocycles. The van der Waals surface area contributed by atoms with Crippen molar-refractivity contribution in [1.82, 2.24) is 0 Å². The maximum atomic E-state index is 12.2. The molecule has 0 heterocycles. The number of phenols is 1. The van der Waals surface area contributed by atoms with Gasteiger partial charge in [0.2, 0.25) is 5.91 Å². The summed E-state index contributed by atoms with van der Waals surface area (Å²) in [6, 6.07) is 11.5. The highest BCUT2D eigenvalue weighted by molar-refractivity contribution is 6.06. The van der Waals surface area contributed by atoms with Gasteiger partial charge in [0.15, 0.2) is 0 Å². The number of anilines is 2. The molecule has 0 bridgehead atoms. The van der Waals surface area contributed by atoms with E-state index in [4.69, 9.17) is 4.74 Å². The first-order valence-electron chi connectivity index (χ1n) is 6.99. The van der Waals surface area contributed by atoms with Gasteiger partial charge in [-0.2, -0.15) is 0 Å². The number of hydrogen-bond acceptors (Lipinski definition) is 4. The Balaban J connectivity index is 2.10. The van der Waals surface area contributed by atoms with Gasteiger partial charge in [-0.3, -0.25) is 9.59 Å². The molecule has 3 N–H and O–H groups in total. The SMILES string of the molecule is COCC(=O)Nc1cccc(NC(=O)c2ccc(C)cc2O)c1. The van der Waals surface area contributed by atoms with Gasteiger partial charge in [0, 0.05) is 18.5 Å². The fourth-order valence-corrected chi connectivity index (χ4v) is 2.03. The van der Waals surface area contributed by atoms with Gasteiger partial charge in [-0.1, -0.05) is 12.1 Å². The van der Waals surface area contributed by atoms with E-state index in [1.807, 2.05) is 6.92 Å². The maximum Gasteiger partial charge on any atom is 0.259 e. The largest absolute Gasteiger partial charge is 0.507 e. The van der Waals surface area contributed by atoms with Gasteiger partial charge in [-0.15, -0.1) is 0 Å². The molecule has 0 aliphatic carbocycles. The summed E-state index contributed by atoms with van der Waals surface area (Å²) in [6.45, 7) is 1.78.